The summed E-state index contributed by atoms with van der Waals surface area (Å²) < 4.78 is 8.36. The Labute approximate surface area is 189 Å². The third-order valence-corrected chi connectivity index (χ3v) is 5.44. The van der Waals surface area contributed by atoms with E-state index in [9.17, 15) is 9.59 Å². The number of nitrogens with zero attached hydrogens (tertiary/aromatic N) is 4. The average Bonchev–Trinajstić information content (AvgIpc) is 3.12. The number of carbonyl (C=O) groups is 1. The van der Waals surface area contributed by atoms with Gasteiger partial charge in [-0.2, -0.15) is 5.10 Å². The van der Waals surface area contributed by atoms with E-state index in [1.807, 2.05) is 37.3 Å². The molecule has 0 spiro atoms. The largest absolute Gasteiger partial charge is 0.495 e. The molecule has 9 heteroatoms. The molecule has 0 unspecified atom stereocenters. The van der Waals surface area contributed by atoms with Gasteiger partial charge >= 0.3 is 0 Å². The number of amides is 1. The van der Waals surface area contributed by atoms with Crippen molar-refractivity contribution in [2.75, 3.05) is 12.4 Å². The maximum Gasteiger partial charge on any atom is 0.273 e. The number of hydrogen-bond donors (Lipinski definition) is 1. The van der Waals surface area contributed by atoms with E-state index in [0.29, 0.717) is 39.0 Å². The minimum Gasteiger partial charge on any atom is -0.495 e. The standard InChI is InChI=1S/C23H22ClN5O3/c1-14-21-22(29(27-14)16-7-5-4-6-8-16)28(2)23(31)18(26-21)10-12-20(30)25-15-9-11-19(32-3)17(24)13-15/h4-9,11,13H,10,12H2,1-3H3,(H,25,30). The lowest BCUT2D eigenvalue weighted by Gasteiger charge is -2.09. The van der Waals surface area contributed by atoms with Gasteiger partial charge < -0.3 is 10.1 Å². The second kappa shape index (κ2) is 8.84. The molecule has 2 heterocycles. The SMILES string of the molecule is COc1ccc(NC(=O)CCc2nc3c(C)nn(-c4ccccc4)c3n(C)c2=O)cc1Cl. The van der Waals surface area contributed by atoms with Gasteiger partial charge in [0.05, 0.1) is 23.5 Å². The van der Waals surface area contributed by atoms with Crippen LogP contribution in [-0.2, 0) is 18.3 Å². The van der Waals surface area contributed by atoms with Crippen LogP contribution in [0.3, 0.4) is 0 Å². The smallest absolute Gasteiger partial charge is 0.273 e. The zero-order chi connectivity index (χ0) is 22.8. The van der Waals surface area contributed by atoms with Gasteiger partial charge in [-0.15, -0.1) is 0 Å². The van der Waals surface area contributed by atoms with Crippen molar-refractivity contribution >= 4 is 34.4 Å². The van der Waals surface area contributed by atoms with Crippen LogP contribution in [0.4, 0.5) is 5.69 Å². The number of carbonyl (C=O) groups excluding carboxylic acids is 1. The number of rotatable bonds is 6. The number of hydrogen-bond acceptors (Lipinski definition) is 5. The zero-order valence-corrected chi connectivity index (χ0v) is 18.7. The molecule has 0 bridgehead atoms. The van der Waals surface area contributed by atoms with Gasteiger partial charge in [0.15, 0.2) is 5.65 Å². The topological polar surface area (TPSA) is 91.0 Å². The van der Waals surface area contributed by atoms with E-state index in [0.717, 1.165) is 5.69 Å². The number of para-hydroxylation sites is 1. The first-order chi connectivity index (χ1) is 15.4. The number of anilines is 1. The molecule has 0 saturated heterocycles. The highest BCUT2D eigenvalue weighted by Crippen LogP contribution is 2.27. The van der Waals surface area contributed by atoms with E-state index < -0.39 is 0 Å². The average molecular weight is 452 g/mol. The van der Waals surface area contributed by atoms with Crippen LogP contribution in [0.25, 0.3) is 16.9 Å². The molecule has 8 nitrogen and oxygen atoms in total. The number of ether oxygens (including phenoxy) is 1. The first-order valence-electron chi connectivity index (χ1n) is 10.0. The van der Waals surface area contributed by atoms with Crippen molar-refractivity contribution in [3.05, 3.63) is 75.3 Å². The Morgan fingerprint density at radius 1 is 1.19 bits per heavy atom. The molecule has 1 amide bonds. The number of benzene rings is 2. The van der Waals surface area contributed by atoms with Crippen LogP contribution in [0.15, 0.2) is 53.3 Å². The maximum absolute atomic E-state index is 13.0. The molecule has 2 aromatic carbocycles. The molecule has 0 saturated carbocycles. The summed E-state index contributed by atoms with van der Waals surface area (Å²) in [6.07, 6.45) is 0.303. The molecule has 4 rings (SSSR count). The first-order valence-corrected chi connectivity index (χ1v) is 10.4. The number of fused-ring (bicyclic) bond motifs is 1. The monoisotopic (exact) mass is 451 g/mol. The molecule has 1 N–H and O–H groups in total. The van der Waals surface area contributed by atoms with Crippen molar-refractivity contribution in [2.45, 2.75) is 19.8 Å². The lowest BCUT2D eigenvalue weighted by molar-refractivity contribution is -0.116. The Morgan fingerprint density at radius 3 is 2.62 bits per heavy atom. The second-order valence-corrected chi connectivity index (χ2v) is 7.73. The molecular weight excluding hydrogens is 430 g/mol. The van der Waals surface area contributed by atoms with Gasteiger partial charge in [-0.25, -0.2) is 9.67 Å². The molecule has 0 aliphatic heterocycles. The highest BCUT2D eigenvalue weighted by atomic mass is 35.5. The summed E-state index contributed by atoms with van der Waals surface area (Å²) in [5, 5.41) is 7.75. The van der Waals surface area contributed by atoms with Crippen LogP contribution >= 0.6 is 11.6 Å². The van der Waals surface area contributed by atoms with Crippen molar-refractivity contribution in [1.29, 1.82) is 0 Å². The van der Waals surface area contributed by atoms with Crippen molar-refractivity contribution in [1.82, 2.24) is 19.3 Å². The van der Waals surface area contributed by atoms with Crippen LogP contribution < -0.4 is 15.6 Å². The molecule has 0 atom stereocenters. The summed E-state index contributed by atoms with van der Waals surface area (Å²) >= 11 is 6.10. The van der Waals surface area contributed by atoms with Gasteiger partial charge in [-0.3, -0.25) is 14.2 Å². The summed E-state index contributed by atoms with van der Waals surface area (Å²) in [6, 6.07) is 14.6. The van der Waals surface area contributed by atoms with Gasteiger partial charge in [-0.1, -0.05) is 29.8 Å². The molecule has 2 aromatic heterocycles. The minimum atomic E-state index is -0.255. The van der Waals surface area contributed by atoms with E-state index in [1.54, 1.807) is 29.9 Å². The van der Waals surface area contributed by atoms with E-state index in [-0.39, 0.29) is 24.3 Å². The summed E-state index contributed by atoms with van der Waals surface area (Å²) in [4.78, 5) is 29.9. The highest BCUT2D eigenvalue weighted by molar-refractivity contribution is 6.32. The molecular formula is C23H22ClN5O3. The number of aromatic nitrogens is 4. The van der Waals surface area contributed by atoms with Crippen LogP contribution in [0.1, 0.15) is 17.8 Å². The first kappa shape index (κ1) is 21.6. The van der Waals surface area contributed by atoms with Crippen molar-refractivity contribution in [3.63, 3.8) is 0 Å². The van der Waals surface area contributed by atoms with E-state index >= 15 is 0 Å². The number of aryl methyl sites for hydroxylation is 3. The molecule has 4 aromatic rings. The van der Waals surface area contributed by atoms with Crippen LogP contribution in [-0.4, -0.2) is 32.3 Å². The molecule has 0 aliphatic rings. The van der Waals surface area contributed by atoms with Gasteiger partial charge in [0.1, 0.15) is 17.0 Å². The normalized spacial score (nSPS) is 11.0. The minimum absolute atomic E-state index is 0.100. The summed E-state index contributed by atoms with van der Waals surface area (Å²) in [5.41, 5.74) is 3.41. The zero-order valence-electron chi connectivity index (χ0n) is 17.9. The summed E-state index contributed by atoms with van der Waals surface area (Å²) in [5.74, 6) is 0.281. The van der Waals surface area contributed by atoms with Gasteiger partial charge in [-0.05, 0) is 37.3 Å². The number of nitrogens with one attached hydrogen (secondary N) is 1. The quantitative estimate of drug-likeness (QED) is 0.483. The van der Waals surface area contributed by atoms with Crippen molar-refractivity contribution in [3.8, 4) is 11.4 Å². The summed E-state index contributed by atoms with van der Waals surface area (Å²) in [7, 11) is 3.21. The van der Waals surface area contributed by atoms with Crippen LogP contribution in [0.5, 0.6) is 5.75 Å². The molecule has 164 valence electrons. The molecule has 0 aliphatic carbocycles. The summed E-state index contributed by atoms with van der Waals surface area (Å²) in [6.45, 7) is 1.85. The molecule has 0 fully saturated rings. The predicted molar refractivity (Wildman–Crippen MR) is 124 cm³/mol. The van der Waals surface area contributed by atoms with Gasteiger partial charge in [0, 0.05) is 25.6 Å². The highest BCUT2D eigenvalue weighted by Gasteiger charge is 2.18. The fraction of sp³-hybridized carbons (Fsp3) is 0.217. The lowest BCUT2D eigenvalue weighted by atomic mass is 10.2. The molecule has 32 heavy (non-hydrogen) atoms. The second-order valence-electron chi connectivity index (χ2n) is 7.33. The fourth-order valence-corrected chi connectivity index (χ4v) is 3.78. The van der Waals surface area contributed by atoms with Crippen molar-refractivity contribution in [2.24, 2.45) is 7.05 Å². The number of methoxy groups -OCH3 is 1. The van der Waals surface area contributed by atoms with Gasteiger partial charge in [0.25, 0.3) is 5.56 Å². The van der Waals surface area contributed by atoms with Crippen LogP contribution in [0, 0.1) is 6.92 Å². The Kier molecular flexibility index (Phi) is 5.96. The number of halogens is 1. The molecule has 0 radical (unpaired) electrons. The Balaban J connectivity index is 1.57. The Bertz CT molecular complexity index is 1360. The third kappa shape index (κ3) is 4.09. The Morgan fingerprint density at radius 2 is 1.94 bits per heavy atom. The predicted octanol–water partition coefficient (Wildman–Crippen LogP) is 3.66. The third-order valence-electron chi connectivity index (χ3n) is 5.15. The lowest BCUT2D eigenvalue weighted by Crippen LogP contribution is -2.25. The van der Waals surface area contributed by atoms with Crippen molar-refractivity contribution < 1.29 is 9.53 Å². The van der Waals surface area contributed by atoms with Crippen LogP contribution in [0.2, 0.25) is 5.02 Å². The van der Waals surface area contributed by atoms with E-state index in [4.69, 9.17) is 16.3 Å². The van der Waals surface area contributed by atoms with Gasteiger partial charge in [0.2, 0.25) is 5.91 Å². The van der Waals surface area contributed by atoms with E-state index in [1.165, 1.54) is 11.7 Å². The maximum atomic E-state index is 13.0. The van der Waals surface area contributed by atoms with E-state index in [2.05, 4.69) is 15.4 Å². The Hall–Kier alpha value is -3.65. The fourth-order valence-electron chi connectivity index (χ4n) is 3.52.